The van der Waals surface area contributed by atoms with Crippen LogP contribution in [0.25, 0.3) is 99.2 Å². The quantitative estimate of drug-likeness (QED) is 0.186. The Balaban J connectivity index is 1.18. The summed E-state index contributed by atoms with van der Waals surface area (Å²) in [5, 5.41) is 7.18. The number of aromatic nitrogens is 2. The molecule has 0 N–H and O–H groups in total. The molecule has 238 valence electrons. The molecule has 0 aliphatic carbocycles. The normalized spacial score (nSPS) is 11.9. The molecule has 51 heavy (non-hydrogen) atoms. The lowest BCUT2D eigenvalue weighted by molar-refractivity contribution is 0.670. The van der Waals surface area contributed by atoms with Gasteiger partial charge in [0.25, 0.3) is 0 Å². The van der Waals surface area contributed by atoms with Crippen molar-refractivity contribution in [3.63, 3.8) is 0 Å². The zero-order chi connectivity index (χ0) is 33.5. The SMILES string of the molecule is c1ccc(-c2cccc(-c3ccc(-n4c5ccccc5c5cc(-n6c7ccccc7c7ccccc76)ccc54)c4c3oc3ccccc34)c2)cc1. The van der Waals surface area contributed by atoms with Gasteiger partial charge >= 0.3 is 0 Å². The van der Waals surface area contributed by atoms with E-state index in [0.717, 1.165) is 55.5 Å². The third kappa shape index (κ3) is 4.12. The summed E-state index contributed by atoms with van der Waals surface area (Å²) in [6.07, 6.45) is 0. The van der Waals surface area contributed by atoms with Crippen LogP contribution < -0.4 is 0 Å². The molecule has 0 radical (unpaired) electrons. The van der Waals surface area contributed by atoms with Gasteiger partial charge in [0.05, 0.1) is 33.1 Å². The third-order valence-corrected chi connectivity index (χ3v) is 10.5. The van der Waals surface area contributed by atoms with E-state index in [0.29, 0.717) is 0 Å². The van der Waals surface area contributed by atoms with Gasteiger partial charge in [-0.05, 0) is 77.4 Å². The van der Waals surface area contributed by atoms with Gasteiger partial charge in [-0.25, -0.2) is 0 Å². The molecule has 0 amide bonds. The van der Waals surface area contributed by atoms with E-state index in [9.17, 15) is 0 Å². The number of nitrogens with zero attached hydrogens (tertiary/aromatic N) is 2. The van der Waals surface area contributed by atoms with Crippen LogP contribution in [0.2, 0.25) is 0 Å². The standard InChI is InChI=1S/C48H30N2O/c1-2-13-31(14-3-1)32-15-12-16-33(29-32)35-26-28-45(47-39-20-7-11-24-46(39)51-48(35)47)50-43-23-10-6-19-38(43)40-30-34(25-27-44(40)50)49-41-21-8-4-17-36(41)37-18-5-9-22-42(37)49/h1-30H. The van der Waals surface area contributed by atoms with E-state index < -0.39 is 0 Å². The summed E-state index contributed by atoms with van der Waals surface area (Å²) in [4.78, 5) is 0. The summed E-state index contributed by atoms with van der Waals surface area (Å²) in [5.74, 6) is 0. The van der Waals surface area contributed by atoms with E-state index in [-0.39, 0.29) is 0 Å². The summed E-state index contributed by atoms with van der Waals surface area (Å²) in [6, 6.07) is 65.4. The average molecular weight is 651 g/mol. The zero-order valence-electron chi connectivity index (χ0n) is 27.6. The number of fused-ring (bicyclic) bond motifs is 9. The lowest BCUT2D eigenvalue weighted by atomic mass is 9.97. The minimum Gasteiger partial charge on any atom is -0.455 e. The van der Waals surface area contributed by atoms with Crippen LogP contribution in [0.1, 0.15) is 0 Å². The van der Waals surface area contributed by atoms with Crippen LogP contribution in [0.5, 0.6) is 0 Å². The molecule has 0 atom stereocenters. The molecule has 0 saturated heterocycles. The summed E-state index contributed by atoms with van der Waals surface area (Å²) in [7, 11) is 0. The lowest BCUT2D eigenvalue weighted by Crippen LogP contribution is -1.97. The summed E-state index contributed by atoms with van der Waals surface area (Å²) in [5.41, 5.74) is 13.4. The number of rotatable bonds is 4. The molecule has 0 aliphatic rings. The molecule has 3 heteroatoms. The minimum atomic E-state index is 0.884. The summed E-state index contributed by atoms with van der Waals surface area (Å²) >= 11 is 0. The smallest absolute Gasteiger partial charge is 0.145 e. The Kier molecular flexibility index (Phi) is 5.96. The highest BCUT2D eigenvalue weighted by atomic mass is 16.3. The molecule has 0 aliphatic heterocycles. The van der Waals surface area contributed by atoms with Crippen LogP contribution in [0.3, 0.4) is 0 Å². The maximum absolute atomic E-state index is 6.78. The van der Waals surface area contributed by atoms with Gasteiger partial charge in [-0.3, -0.25) is 0 Å². The highest BCUT2D eigenvalue weighted by molar-refractivity contribution is 6.17. The molecular formula is C48H30N2O. The largest absolute Gasteiger partial charge is 0.455 e. The molecule has 0 bridgehead atoms. The Morgan fingerprint density at radius 1 is 0.353 bits per heavy atom. The predicted molar refractivity (Wildman–Crippen MR) is 213 cm³/mol. The third-order valence-electron chi connectivity index (χ3n) is 10.5. The fourth-order valence-electron chi connectivity index (χ4n) is 8.28. The number of hydrogen-bond donors (Lipinski definition) is 0. The van der Waals surface area contributed by atoms with Crippen molar-refractivity contribution in [3.8, 4) is 33.6 Å². The number of hydrogen-bond acceptors (Lipinski definition) is 1. The van der Waals surface area contributed by atoms with Gasteiger partial charge in [0.2, 0.25) is 0 Å². The first-order valence-electron chi connectivity index (χ1n) is 17.4. The molecule has 11 aromatic rings. The van der Waals surface area contributed by atoms with Crippen molar-refractivity contribution in [2.45, 2.75) is 0 Å². The van der Waals surface area contributed by atoms with Gasteiger partial charge in [0.15, 0.2) is 0 Å². The Morgan fingerprint density at radius 2 is 0.922 bits per heavy atom. The molecule has 0 saturated carbocycles. The number of furan rings is 1. The molecule has 3 heterocycles. The van der Waals surface area contributed by atoms with Gasteiger partial charge in [0.1, 0.15) is 11.2 Å². The first-order chi connectivity index (χ1) is 25.3. The number of para-hydroxylation sites is 4. The van der Waals surface area contributed by atoms with E-state index >= 15 is 0 Å². The van der Waals surface area contributed by atoms with E-state index in [1.165, 1.54) is 43.7 Å². The van der Waals surface area contributed by atoms with Crippen LogP contribution in [-0.4, -0.2) is 9.13 Å². The van der Waals surface area contributed by atoms with Gasteiger partial charge < -0.3 is 13.6 Å². The molecule has 8 aromatic carbocycles. The maximum atomic E-state index is 6.78. The molecule has 0 fully saturated rings. The fraction of sp³-hybridized carbons (Fsp3) is 0. The van der Waals surface area contributed by atoms with Gasteiger partial charge in [-0.15, -0.1) is 0 Å². The Bertz CT molecular complexity index is 3090. The Hall–Kier alpha value is -6.84. The minimum absolute atomic E-state index is 0.884. The van der Waals surface area contributed by atoms with E-state index in [2.05, 4.69) is 191 Å². The van der Waals surface area contributed by atoms with Gasteiger partial charge in [-0.2, -0.15) is 0 Å². The summed E-state index contributed by atoms with van der Waals surface area (Å²) in [6.45, 7) is 0. The van der Waals surface area contributed by atoms with Gasteiger partial charge in [0, 0.05) is 38.2 Å². The van der Waals surface area contributed by atoms with Crippen molar-refractivity contribution >= 4 is 65.6 Å². The Morgan fingerprint density at radius 3 is 1.67 bits per heavy atom. The van der Waals surface area contributed by atoms with Crippen molar-refractivity contribution in [2.24, 2.45) is 0 Å². The van der Waals surface area contributed by atoms with Gasteiger partial charge in [-0.1, -0.05) is 121 Å². The van der Waals surface area contributed by atoms with Crippen LogP contribution in [0.4, 0.5) is 0 Å². The van der Waals surface area contributed by atoms with Crippen molar-refractivity contribution in [3.05, 3.63) is 182 Å². The first kappa shape index (κ1) is 28.0. The molecule has 0 spiro atoms. The lowest BCUT2D eigenvalue weighted by Gasteiger charge is -2.13. The monoisotopic (exact) mass is 650 g/mol. The second-order valence-electron chi connectivity index (χ2n) is 13.3. The van der Waals surface area contributed by atoms with Crippen LogP contribution in [0.15, 0.2) is 186 Å². The predicted octanol–water partition coefficient (Wildman–Crippen LogP) is 13.1. The topological polar surface area (TPSA) is 23.0 Å². The van der Waals surface area contributed by atoms with Crippen molar-refractivity contribution < 1.29 is 4.42 Å². The van der Waals surface area contributed by atoms with Crippen LogP contribution in [-0.2, 0) is 0 Å². The second-order valence-corrected chi connectivity index (χ2v) is 13.3. The van der Waals surface area contributed by atoms with E-state index in [4.69, 9.17) is 4.42 Å². The fourth-order valence-corrected chi connectivity index (χ4v) is 8.28. The molecule has 3 aromatic heterocycles. The van der Waals surface area contributed by atoms with Crippen molar-refractivity contribution in [1.82, 2.24) is 9.13 Å². The molecular weight excluding hydrogens is 621 g/mol. The summed E-state index contributed by atoms with van der Waals surface area (Å²) < 4.78 is 11.6. The second kappa shape index (κ2) is 10.8. The van der Waals surface area contributed by atoms with Crippen molar-refractivity contribution in [1.29, 1.82) is 0 Å². The molecule has 0 unspecified atom stereocenters. The zero-order valence-corrected chi connectivity index (χ0v) is 27.6. The maximum Gasteiger partial charge on any atom is 0.145 e. The van der Waals surface area contributed by atoms with Crippen molar-refractivity contribution in [2.75, 3.05) is 0 Å². The van der Waals surface area contributed by atoms with E-state index in [1.54, 1.807) is 0 Å². The highest BCUT2D eigenvalue weighted by Crippen LogP contribution is 2.43. The highest BCUT2D eigenvalue weighted by Gasteiger charge is 2.21. The molecule has 11 rings (SSSR count). The van der Waals surface area contributed by atoms with Crippen LogP contribution >= 0.6 is 0 Å². The van der Waals surface area contributed by atoms with Crippen LogP contribution in [0, 0.1) is 0 Å². The first-order valence-corrected chi connectivity index (χ1v) is 17.4. The average Bonchev–Trinajstić information content (AvgIpc) is 3.86. The molecule has 3 nitrogen and oxygen atoms in total. The van der Waals surface area contributed by atoms with E-state index in [1.807, 2.05) is 0 Å². The number of benzene rings is 8. The Labute approximate surface area is 293 Å².